The van der Waals surface area contributed by atoms with Crippen molar-refractivity contribution in [1.29, 1.82) is 0 Å². The second-order valence-electron chi connectivity index (χ2n) is 4.28. The molecule has 3 rings (SSSR count). The van der Waals surface area contributed by atoms with Crippen molar-refractivity contribution < 1.29 is 13.3 Å². The van der Waals surface area contributed by atoms with Crippen LogP contribution < -0.4 is 4.72 Å². The highest BCUT2D eigenvalue weighted by atomic mass is 32.2. The van der Waals surface area contributed by atoms with E-state index in [1.54, 1.807) is 24.4 Å². The lowest BCUT2D eigenvalue weighted by molar-refractivity contribution is -0.387. The van der Waals surface area contributed by atoms with E-state index in [4.69, 9.17) is 0 Å². The molecule has 0 atom stereocenters. The number of para-hydroxylation sites is 1. The zero-order valence-corrected chi connectivity index (χ0v) is 11.8. The van der Waals surface area contributed by atoms with E-state index in [-0.39, 0.29) is 5.95 Å². The predicted molar refractivity (Wildman–Crippen MR) is 76.9 cm³/mol. The summed E-state index contributed by atoms with van der Waals surface area (Å²) >= 11 is 0. The number of nitro benzene ring substituents is 1. The van der Waals surface area contributed by atoms with Gasteiger partial charge in [0.05, 0.1) is 4.92 Å². The highest BCUT2D eigenvalue weighted by molar-refractivity contribution is 7.92. The van der Waals surface area contributed by atoms with Crippen LogP contribution in [-0.2, 0) is 10.0 Å². The minimum atomic E-state index is -4.17. The zero-order chi connectivity index (χ0) is 15.7. The molecule has 0 unspecified atom stereocenters. The van der Waals surface area contributed by atoms with E-state index in [0.29, 0.717) is 5.65 Å². The number of hydrogen-bond donors (Lipinski definition) is 1. The Bertz CT molecular complexity index is 966. The number of nitro groups is 1. The fraction of sp³-hybridized carbons (Fsp3) is 0. The summed E-state index contributed by atoms with van der Waals surface area (Å²) < 4.78 is 28.4. The lowest BCUT2D eigenvalue weighted by Crippen LogP contribution is -2.16. The molecule has 0 spiro atoms. The molecule has 2 aromatic heterocycles. The minimum Gasteiger partial charge on any atom is -0.268 e. The molecule has 3 aromatic rings. The molecule has 0 aliphatic carbocycles. The van der Waals surface area contributed by atoms with Gasteiger partial charge >= 0.3 is 0 Å². The molecule has 2 heterocycles. The van der Waals surface area contributed by atoms with Crippen LogP contribution in [-0.4, -0.2) is 27.9 Å². The van der Waals surface area contributed by atoms with Gasteiger partial charge in [-0.15, -0.1) is 10.2 Å². The van der Waals surface area contributed by atoms with E-state index in [9.17, 15) is 18.5 Å². The molecule has 0 saturated carbocycles. The number of fused-ring (bicyclic) bond motifs is 1. The number of aromatic nitrogens is 3. The Hall–Kier alpha value is -3.01. The molecule has 1 N–H and O–H groups in total. The van der Waals surface area contributed by atoms with Crippen LogP contribution in [0, 0.1) is 10.1 Å². The van der Waals surface area contributed by atoms with Crippen molar-refractivity contribution in [3.63, 3.8) is 0 Å². The Kier molecular flexibility index (Phi) is 3.22. The molecule has 10 heteroatoms. The van der Waals surface area contributed by atoms with Gasteiger partial charge in [-0.1, -0.05) is 18.2 Å². The van der Waals surface area contributed by atoms with Gasteiger partial charge < -0.3 is 0 Å². The van der Waals surface area contributed by atoms with E-state index in [0.717, 1.165) is 12.1 Å². The third-order valence-corrected chi connectivity index (χ3v) is 4.27. The summed E-state index contributed by atoms with van der Waals surface area (Å²) in [5.74, 6) is -0.0475. The summed E-state index contributed by atoms with van der Waals surface area (Å²) in [6, 6.07) is 10.1. The Morgan fingerprint density at radius 1 is 1.09 bits per heavy atom. The van der Waals surface area contributed by atoms with Crippen LogP contribution >= 0.6 is 0 Å². The lowest BCUT2D eigenvalue weighted by atomic mass is 10.3. The number of hydrogen-bond acceptors (Lipinski definition) is 6. The minimum absolute atomic E-state index is 0.0475. The largest absolute Gasteiger partial charge is 0.289 e. The van der Waals surface area contributed by atoms with Gasteiger partial charge in [-0.2, -0.15) is 0 Å². The van der Waals surface area contributed by atoms with Gasteiger partial charge in [0.2, 0.25) is 5.95 Å². The number of nitrogens with one attached hydrogen (secondary N) is 1. The maximum atomic E-state index is 12.4. The topological polar surface area (TPSA) is 120 Å². The van der Waals surface area contributed by atoms with Crippen molar-refractivity contribution in [2.75, 3.05) is 4.72 Å². The highest BCUT2D eigenvalue weighted by Crippen LogP contribution is 2.24. The first-order valence-corrected chi connectivity index (χ1v) is 7.53. The van der Waals surface area contributed by atoms with Gasteiger partial charge in [0.15, 0.2) is 10.5 Å². The van der Waals surface area contributed by atoms with E-state index >= 15 is 0 Å². The second-order valence-corrected chi connectivity index (χ2v) is 5.93. The van der Waals surface area contributed by atoms with Crippen molar-refractivity contribution in [3.8, 4) is 0 Å². The van der Waals surface area contributed by atoms with Gasteiger partial charge in [0.25, 0.3) is 15.7 Å². The maximum absolute atomic E-state index is 12.4. The average molecular weight is 319 g/mol. The SMILES string of the molecule is O=[N+]([O-])c1ccccc1S(=O)(=O)Nc1nnc2ccccn12. The Labute approximate surface area is 124 Å². The van der Waals surface area contributed by atoms with Gasteiger partial charge in [-0.25, -0.2) is 13.1 Å². The molecule has 22 heavy (non-hydrogen) atoms. The Morgan fingerprint density at radius 3 is 2.59 bits per heavy atom. The molecule has 1 aromatic carbocycles. The lowest BCUT2D eigenvalue weighted by Gasteiger charge is -2.06. The summed E-state index contributed by atoms with van der Waals surface area (Å²) in [5.41, 5.74) is -0.0633. The second kappa shape index (κ2) is 5.07. The molecule has 0 saturated heterocycles. The first-order chi connectivity index (χ1) is 10.5. The molecule has 9 nitrogen and oxygen atoms in total. The van der Waals surface area contributed by atoms with Crippen molar-refractivity contribution in [3.05, 3.63) is 58.8 Å². The van der Waals surface area contributed by atoms with E-state index in [2.05, 4.69) is 14.9 Å². The van der Waals surface area contributed by atoms with E-state index in [1.165, 1.54) is 16.5 Å². The first-order valence-electron chi connectivity index (χ1n) is 6.05. The average Bonchev–Trinajstić information content (AvgIpc) is 2.90. The molecule has 0 amide bonds. The molecule has 0 radical (unpaired) electrons. The molecule has 0 fully saturated rings. The normalized spacial score (nSPS) is 11.5. The smallest absolute Gasteiger partial charge is 0.268 e. The number of sulfonamides is 1. The molecule has 0 aliphatic heterocycles. The third kappa shape index (κ3) is 2.35. The number of anilines is 1. The quantitative estimate of drug-likeness (QED) is 0.574. The monoisotopic (exact) mass is 319 g/mol. The van der Waals surface area contributed by atoms with Crippen LogP contribution in [0.1, 0.15) is 0 Å². The van der Waals surface area contributed by atoms with Crippen LogP contribution in [0.25, 0.3) is 5.65 Å². The van der Waals surface area contributed by atoms with Gasteiger partial charge in [0.1, 0.15) is 0 Å². The molecule has 0 aliphatic rings. The summed E-state index contributed by atoms with van der Waals surface area (Å²) in [5, 5.41) is 18.5. The number of rotatable bonds is 4. The number of pyridine rings is 1. The summed E-state index contributed by atoms with van der Waals surface area (Å²) in [6.45, 7) is 0. The standard InChI is InChI=1S/C12H9N5O4S/c18-17(19)9-5-1-2-6-10(9)22(20,21)15-12-14-13-11-7-3-4-8-16(11)12/h1-8H,(H,14,15). The van der Waals surface area contributed by atoms with Crippen LogP contribution in [0.4, 0.5) is 11.6 Å². The Balaban J connectivity index is 2.06. The molecule has 0 bridgehead atoms. The molecular weight excluding hydrogens is 310 g/mol. The predicted octanol–water partition coefficient (Wildman–Crippen LogP) is 1.44. The van der Waals surface area contributed by atoms with Crippen LogP contribution in [0.15, 0.2) is 53.6 Å². The van der Waals surface area contributed by atoms with Crippen molar-refractivity contribution in [2.24, 2.45) is 0 Å². The van der Waals surface area contributed by atoms with Gasteiger partial charge in [0, 0.05) is 12.3 Å². The van der Waals surface area contributed by atoms with Crippen molar-refractivity contribution in [1.82, 2.24) is 14.6 Å². The number of benzene rings is 1. The summed E-state index contributed by atoms with van der Waals surface area (Å²) in [6.07, 6.45) is 1.58. The Morgan fingerprint density at radius 2 is 1.82 bits per heavy atom. The van der Waals surface area contributed by atoms with Crippen molar-refractivity contribution >= 4 is 27.3 Å². The molecular formula is C12H9N5O4S. The summed E-state index contributed by atoms with van der Waals surface area (Å²) in [7, 11) is -4.17. The summed E-state index contributed by atoms with van der Waals surface area (Å²) in [4.78, 5) is 9.77. The van der Waals surface area contributed by atoms with E-state index in [1.807, 2.05) is 0 Å². The first kappa shape index (κ1) is 13.9. The maximum Gasteiger partial charge on any atom is 0.289 e. The van der Waals surface area contributed by atoms with E-state index < -0.39 is 25.5 Å². The van der Waals surface area contributed by atoms with Crippen LogP contribution in [0.3, 0.4) is 0 Å². The highest BCUT2D eigenvalue weighted by Gasteiger charge is 2.26. The van der Waals surface area contributed by atoms with Crippen LogP contribution in [0.2, 0.25) is 0 Å². The van der Waals surface area contributed by atoms with Crippen LogP contribution in [0.5, 0.6) is 0 Å². The van der Waals surface area contributed by atoms with Gasteiger partial charge in [-0.3, -0.25) is 14.5 Å². The fourth-order valence-corrected chi connectivity index (χ4v) is 3.09. The van der Waals surface area contributed by atoms with Crippen molar-refractivity contribution in [2.45, 2.75) is 4.90 Å². The third-order valence-electron chi connectivity index (χ3n) is 2.89. The zero-order valence-electron chi connectivity index (χ0n) is 10.9. The van der Waals surface area contributed by atoms with Gasteiger partial charge in [-0.05, 0) is 18.2 Å². The number of nitrogens with zero attached hydrogens (tertiary/aromatic N) is 4. The fourth-order valence-electron chi connectivity index (χ4n) is 1.92. The molecule has 112 valence electrons.